The van der Waals surface area contributed by atoms with Crippen molar-refractivity contribution in [3.8, 4) is 0 Å². The summed E-state index contributed by atoms with van der Waals surface area (Å²) < 4.78 is 0. The quantitative estimate of drug-likeness (QED) is 0.522. The van der Waals surface area contributed by atoms with Gasteiger partial charge in [0, 0.05) is 10.4 Å². The summed E-state index contributed by atoms with van der Waals surface area (Å²) in [5.41, 5.74) is -0.114. The van der Waals surface area contributed by atoms with E-state index in [1.165, 1.54) is 12.1 Å². The number of rotatable bonds is 0. The first-order chi connectivity index (χ1) is 6.79. The monoisotopic (exact) mass is 182 g/mol. The van der Waals surface area contributed by atoms with Crippen LogP contribution in [0.1, 0.15) is 0 Å². The van der Waals surface area contributed by atoms with Crippen molar-refractivity contribution in [1.29, 1.82) is 0 Å². The predicted octanol–water partition coefficient (Wildman–Crippen LogP) is 1.16. The third kappa shape index (κ3) is 0.708. The second-order valence-electron chi connectivity index (χ2n) is 3.36. The smallest absolute Gasteiger partial charge is 0.187 e. The van der Waals surface area contributed by atoms with Crippen LogP contribution in [0.5, 0.6) is 0 Å². The third-order valence-corrected chi connectivity index (χ3v) is 2.59. The summed E-state index contributed by atoms with van der Waals surface area (Å²) >= 11 is 0. The Labute approximate surface area is 78.8 Å². The highest BCUT2D eigenvalue weighted by molar-refractivity contribution is 5.89. The topological polar surface area (TPSA) is 34.1 Å². The van der Waals surface area contributed by atoms with E-state index in [4.69, 9.17) is 0 Å². The highest BCUT2D eigenvalue weighted by Crippen LogP contribution is 2.19. The van der Waals surface area contributed by atoms with Crippen LogP contribution >= 0.6 is 0 Å². The zero-order valence-electron chi connectivity index (χ0n) is 7.28. The molecule has 0 saturated carbocycles. The average Bonchev–Trinajstić information content (AvgIpc) is 2.16. The van der Waals surface area contributed by atoms with Crippen molar-refractivity contribution >= 4 is 10.8 Å². The van der Waals surface area contributed by atoms with Gasteiger partial charge in [-0.25, -0.2) is 0 Å². The van der Waals surface area contributed by atoms with Gasteiger partial charge in [0.05, 0.1) is 0 Å². The van der Waals surface area contributed by atoms with Gasteiger partial charge in [-0.3, -0.25) is 9.59 Å². The molecule has 0 spiro atoms. The molecule has 2 aliphatic rings. The number of fused-ring (bicyclic) bond motifs is 3. The predicted molar refractivity (Wildman–Crippen MR) is 54.2 cm³/mol. The van der Waals surface area contributed by atoms with Crippen LogP contribution in [-0.4, -0.2) is 0 Å². The molecule has 1 aromatic carbocycles. The SMILES string of the molecule is O=c1ccc(=O)c2c3ccccc3c1=2. The Kier molecular flexibility index (Phi) is 1.22. The maximum absolute atomic E-state index is 11.5. The number of hydrogen-bond acceptors (Lipinski definition) is 2. The molecule has 0 unspecified atom stereocenters. The molecule has 0 aliphatic heterocycles. The summed E-state index contributed by atoms with van der Waals surface area (Å²) in [6.45, 7) is 0. The fraction of sp³-hybridized carbons (Fsp3) is 0. The lowest BCUT2D eigenvalue weighted by molar-refractivity contribution is 1.38. The molecule has 3 rings (SSSR count). The molecule has 0 saturated heterocycles. The first kappa shape index (κ1) is 7.44. The Bertz CT molecular complexity index is 695. The van der Waals surface area contributed by atoms with E-state index in [9.17, 15) is 9.59 Å². The average molecular weight is 182 g/mol. The van der Waals surface area contributed by atoms with E-state index in [2.05, 4.69) is 0 Å². The maximum atomic E-state index is 11.5. The minimum Gasteiger partial charge on any atom is -0.289 e. The molecule has 0 amide bonds. The molecular weight excluding hydrogens is 176 g/mol. The van der Waals surface area contributed by atoms with Crippen molar-refractivity contribution in [1.82, 2.24) is 0 Å². The highest BCUT2D eigenvalue weighted by Gasteiger charge is 2.09. The van der Waals surface area contributed by atoms with Crippen molar-refractivity contribution < 1.29 is 0 Å². The second kappa shape index (κ2) is 2.29. The standard InChI is InChI=1S/C12H6O2/c13-9-5-6-10(14)12-8-4-2-1-3-7(8)11(9)12/h1-6H. The number of hydrogen-bond donors (Lipinski definition) is 0. The lowest BCUT2D eigenvalue weighted by Crippen LogP contribution is -2.15. The Balaban J connectivity index is 2.85. The van der Waals surface area contributed by atoms with Crippen molar-refractivity contribution in [3.05, 3.63) is 67.3 Å². The zero-order chi connectivity index (χ0) is 9.71. The van der Waals surface area contributed by atoms with Gasteiger partial charge in [0.1, 0.15) is 0 Å². The summed E-state index contributed by atoms with van der Waals surface area (Å²) in [7, 11) is 0. The molecule has 2 nitrogen and oxygen atoms in total. The van der Waals surface area contributed by atoms with Gasteiger partial charge in [-0.15, -0.1) is 0 Å². The molecule has 0 radical (unpaired) electrons. The Morgan fingerprint density at radius 2 is 1.07 bits per heavy atom. The molecule has 2 heteroatoms. The molecule has 66 valence electrons. The van der Waals surface area contributed by atoms with E-state index >= 15 is 0 Å². The van der Waals surface area contributed by atoms with E-state index in [1.54, 1.807) is 0 Å². The summed E-state index contributed by atoms with van der Waals surface area (Å²) in [4.78, 5) is 22.9. The van der Waals surface area contributed by atoms with Crippen LogP contribution in [-0.2, 0) is 0 Å². The van der Waals surface area contributed by atoms with Crippen molar-refractivity contribution in [2.24, 2.45) is 0 Å². The maximum Gasteiger partial charge on any atom is 0.187 e. The van der Waals surface area contributed by atoms with Gasteiger partial charge in [0.15, 0.2) is 10.9 Å². The fourth-order valence-corrected chi connectivity index (χ4v) is 1.96. The summed E-state index contributed by atoms with van der Waals surface area (Å²) in [6, 6.07) is 10.2. The van der Waals surface area contributed by atoms with Crippen LogP contribution < -0.4 is 10.9 Å². The van der Waals surface area contributed by atoms with Crippen LogP contribution in [0.25, 0.3) is 10.8 Å². The third-order valence-electron chi connectivity index (χ3n) is 2.59. The lowest BCUT2D eigenvalue weighted by atomic mass is 9.97. The molecule has 0 fully saturated rings. The second-order valence-corrected chi connectivity index (χ2v) is 3.36. The van der Waals surface area contributed by atoms with Gasteiger partial charge in [-0.2, -0.15) is 0 Å². The minimum absolute atomic E-state index is 0.0571. The van der Waals surface area contributed by atoms with Crippen LogP contribution in [0, 0.1) is 10.4 Å². The molecule has 0 N–H and O–H groups in total. The molecule has 2 aliphatic carbocycles. The van der Waals surface area contributed by atoms with E-state index < -0.39 is 0 Å². The molecule has 1 aromatic rings. The van der Waals surface area contributed by atoms with Crippen molar-refractivity contribution in [2.45, 2.75) is 0 Å². The van der Waals surface area contributed by atoms with Gasteiger partial charge in [0.25, 0.3) is 0 Å². The molecule has 14 heavy (non-hydrogen) atoms. The van der Waals surface area contributed by atoms with Gasteiger partial charge in [-0.1, -0.05) is 24.3 Å². The van der Waals surface area contributed by atoms with Crippen LogP contribution in [0.3, 0.4) is 0 Å². The summed E-state index contributed by atoms with van der Waals surface area (Å²) in [6.07, 6.45) is 0. The van der Waals surface area contributed by atoms with Gasteiger partial charge in [-0.05, 0) is 22.9 Å². The first-order valence-corrected chi connectivity index (χ1v) is 4.40. The van der Waals surface area contributed by atoms with Crippen LogP contribution in [0.2, 0.25) is 0 Å². The summed E-state index contributed by atoms with van der Waals surface area (Å²) in [5.74, 6) is 0. The molecular formula is C12H6O2. The Hall–Kier alpha value is -1.96. The highest BCUT2D eigenvalue weighted by atomic mass is 16.1. The van der Waals surface area contributed by atoms with E-state index in [1.807, 2.05) is 24.3 Å². The fourth-order valence-electron chi connectivity index (χ4n) is 1.96. The van der Waals surface area contributed by atoms with Crippen molar-refractivity contribution in [2.75, 3.05) is 0 Å². The van der Waals surface area contributed by atoms with Crippen LogP contribution in [0.4, 0.5) is 0 Å². The van der Waals surface area contributed by atoms with Gasteiger partial charge >= 0.3 is 0 Å². The lowest BCUT2D eigenvalue weighted by Gasteiger charge is -2.04. The van der Waals surface area contributed by atoms with E-state index in [-0.39, 0.29) is 10.9 Å². The van der Waals surface area contributed by atoms with Crippen LogP contribution in [0.15, 0.2) is 46.0 Å². The minimum atomic E-state index is -0.0571. The summed E-state index contributed by atoms with van der Waals surface area (Å²) in [5, 5.41) is 3.00. The number of benzene rings is 1. The van der Waals surface area contributed by atoms with Gasteiger partial charge < -0.3 is 0 Å². The molecule has 0 atom stereocenters. The van der Waals surface area contributed by atoms with Gasteiger partial charge in [0.2, 0.25) is 0 Å². The normalized spacial score (nSPS) is 11.4. The van der Waals surface area contributed by atoms with Crippen molar-refractivity contribution in [3.63, 3.8) is 0 Å². The largest absolute Gasteiger partial charge is 0.289 e. The van der Waals surface area contributed by atoms with E-state index in [0.29, 0.717) is 10.4 Å². The molecule has 0 heterocycles. The molecule has 0 bridgehead atoms. The molecule has 0 aromatic heterocycles. The Morgan fingerprint density at radius 3 is 1.50 bits per heavy atom. The Morgan fingerprint density at radius 1 is 0.643 bits per heavy atom. The first-order valence-electron chi connectivity index (χ1n) is 4.40. The van der Waals surface area contributed by atoms with E-state index in [0.717, 1.165) is 10.8 Å². The zero-order valence-corrected chi connectivity index (χ0v) is 7.28.